The van der Waals surface area contributed by atoms with Crippen LogP contribution in [0, 0.1) is 0 Å². The van der Waals surface area contributed by atoms with Crippen LogP contribution in [0.1, 0.15) is 26.3 Å². The van der Waals surface area contributed by atoms with E-state index in [1.807, 2.05) is 24.2 Å². The Balaban J connectivity index is 2.55. The molecule has 1 aromatic heterocycles. The topological polar surface area (TPSA) is 12.9 Å². The number of halogens is 1. The first-order chi connectivity index (χ1) is 5.97. The standard InChI is InChI=1S/C10H14BrNS/c1-10(2,3)13-7-8-4-9(11)6-12-5-8/h4-6H,7H2,1-3H3. The molecule has 1 rings (SSSR count). The van der Waals surface area contributed by atoms with Gasteiger partial charge in [-0.2, -0.15) is 11.8 Å². The molecule has 0 N–H and O–H groups in total. The first-order valence-corrected chi connectivity index (χ1v) is 5.99. The van der Waals surface area contributed by atoms with E-state index in [1.54, 1.807) is 0 Å². The van der Waals surface area contributed by atoms with Gasteiger partial charge >= 0.3 is 0 Å². The van der Waals surface area contributed by atoms with E-state index in [9.17, 15) is 0 Å². The van der Waals surface area contributed by atoms with E-state index in [4.69, 9.17) is 0 Å². The number of hydrogen-bond acceptors (Lipinski definition) is 2. The molecular formula is C10H14BrNS. The molecule has 1 heterocycles. The summed E-state index contributed by atoms with van der Waals surface area (Å²) in [7, 11) is 0. The Morgan fingerprint density at radius 3 is 2.62 bits per heavy atom. The smallest absolute Gasteiger partial charge is 0.0410 e. The second kappa shape index (κ2) is 4.47. The molecule has 13 heavy (non-hydrogen) atoms. The number of nitrogens with zero attached hydrogens (tertiary/aromatic N) is 1. The molecule has 0 spiro atoms. The van der Waals surface area contributed by atoms with Gasteiger partial charge in [0, 0.05) is 27.4 Å². The fourth-order valence-corrected chi connectivity index (χ4v) is 2.00. The van der Waals surface area contributed by atoms with Crippen molar-refractivity contribution in [3.8, 4) is 0 Å². The molecule has 0 aromatic carbocycles. The van der Waals surface area contributed by atoms with Crippen molar-refractivity contribution in [2.75, 3.05) is 0 Å². The highest BCUT2D eigenvalue weighted by molar-refractivity contribution is 9.10. The molecule has 0 aliphatic carbocycles. The van der Waals surface area contributed by atoms with Gasteiger partial charge in [-0.15, -0.1) is 0 Å². The van der Waals surface area contributed by atoms with E-state index >= 15 is 0 Å². The quantitative estimate of drug-likeness (QED) is 0.800. The lowest BCUT2D eigenvalue weighted by Crippen LogP contribution is -2.07. The molecule has 1 nitrogen and oxygen atoms in total. The third-order valence-corrected chi connectivity index (χ3v) is 3.21. The minimum atomic E-state index is 0.322. The summed E-state index contributed by atoms with van der Waals surface area (Å²) >= 11 is 5.35. The van der Waals surface area contributed by atoms with Crippen molar-refractivity contribution >= 4 is 27.7 Å². The van der Waals surface area contributed by atoms with Gasteiger partial charge in [0.15, 0.2) is 0 Å². The van der Waals surface area contributed by atoms with E-state index in [-0.39, 0.29) is 0 Å². The van der Waals surface area contributed by atoms with E-state index < -0.39 is 0 Å². The lowest BCUT2D eigenvalue weighted by atomic mass is 10.3. The third kappa shape index (κ3) is 4.67. The zero-order chi connectivity index (χ0) is 9.90. The maximum absolute atomic E-state index is 4.12. The predicted molar refractivity (Wildman–Crippen MR) is 63.0 cm³/mol. The summed E-state index contributed by atoms with van der Waals surface area (Å²) < 4.78 is 1.38. The number of rotatable bonds is 2. The van der Waals surface area contributed by atoms with Crippen LogP contribution in [0.15, 0.2) is 22.9 Å². The second-order valence-electron chi connectivity index (χ2n) is 3.91. The van der Waals surface area contributed by atoms with Crippen molar-refractivity contribution in [1.82, 2.24) is 4.98 Å². The van der Waals surface area contributed by atoms with Crippen LogP contribution in [0.2, 0.25) is 0 Å². The van der Waals surface area contributed by atoms with Crippen LogP contribution in [0.4, 0.5) is 0 Å². The van der Waals surface area contributed by atoms with Crippen LogP contribution in [0.3, 0.4) is 0 Å². The second-order valence-corrected chi connectivity index (χ2v) is 6.63. The van der Waals surface area contributed by atoms with Crippen LogP contribution in [-0.2, 0) is 5.75 Å². The van der Waals surface area contributed by atoms with E-state index in [2.05, 4.69) is 47.8 Å². The fourth-order valence-electron chi connectivity index (χ4n) is 0.835. The van der Waals surface area contributed by atoms with Gasteiger partial charge in [0.2, 0.25) is 0 Å². The highest BCUT2D eigenvalue weighted by Gasteiger charge is 2.10. The Kier molecular flexibility index (Phi) is 3.80. The molecule has 0 saturated heterocycles. The van der Waals surface area contributed by atoms with Crippen LogP contribution in [-0.4, -0.2) is 9.73 Å². The van der Waals surface area contributed by atoms with Crippen molar-refractivity contribution in [2.45, 2.75) is 31.3 Å². The average molecular weight is 260 g/mol. The van der Waals surface area contributed by atoms with Crippen LogP contribution in [0.25, 0.3) is 0 Å². The van der Waals surface area contributed by atoms with Gasteiger partial charge in [-0.25, -0.2) is 0 Å². The van der Waals surface area contributed by atoms with E-state index in [1.165, 1.54) is 5.56 Å². The summed E-state index contributed by atoms with van der Waals surface area (Å²) in [5, 5.41) is 0. The molecule has 1 aromatic rings. The summed E-state index contributed by atoms with van der Waals surface area (Å²) in [4.78, 5) is 4.12. The number of thioether (sulfide) groups is 1. The van der Waals surface area contributed by atoms with Crippen molar-refractivity contribution in [3.63, 3.8) is 0 Å². The lowest BCUT2D eigenvalue weighted by molar-refractivity contribution is 0.802. The van der Waals surface area contributed by atoms with Gasteiger partial charge in [0.25, 0.3) is 0 Å². The molecule has 3 heteroatoms. The largest absolute Gasteiger partial charge is 0.263 e. The normalized spacial score (nSPS) is 11.7. The molecule has 0 unspecified atom stereocenters. The zero-order valence-corrected chi connectivity index (χ0v) is 10.6. The van der Waals surface area contributed by atoms with Crippen LogP contribution < -0.4 is 0 Å². The summed E-state index contributed by atoms with van der Waals surface area (Å²) in [5.74, 6) is 1.02. The molecule has 0 amide bonds. The minimum absolute atomic E-state index is 0.322. The molecule has 0 bridgehead atoms. The number of aromatic nitrogens is 1. The Hall–Kier alpha value is -0.0200. The van der Waals surface area contributed by atoms with Gasteiger partial charge in [0.1, 0.15) is 0 Å². The highest BCUT2D eigenvalue weighted by atomic mass is 79.9. The molecule has 0 aliphatic heterocycles. The molecule has 0 saturated carbocycles. The molecule has 0 radical (unpaired) electrons. The number of pyridine rings is 1. The fraction of sp³-hybridized carbons (Fsp3) is 0.500. The minimum Gasteiger partial charge on any atom is -0.263 e. The SMILES string of the molecule is CC(C)(C)SCc1cncc(Br)c1. The Bertz CT molecular complexity index is 280. The van der Waals surface area contributed by atoms with Crippen molar-refractivity contribution in [2.24, 2.45) is 0 Å². The van der Waals surface area contributed by atoms with Gasteiger partial charge in [-0.1, -0.05) is 20.8 Å². The Labute approximate surface area is 92.5 Å². The summed E-state index contributed by atoms with van der Waals surface area (Å²) in [6, 6.07) is 2.12. The predicted octanol–water partition coefficient (Wildman–Crippen LogP) is 3.88. The van der Waals surface area contributed by atoms with Gasteiger partial charge < -0.3 is 0 Å². The molecule has 72 valence electrons. The van der Waals surface area contributed by atoms with Gasteiger partial charge in [-0.05, 0) is 27.6 Å². The van der Waals surface area contributed by atoms with Gasteiger partial charge in [0.05, 0.1) is 0 Å². The average Bonchev–Trinajstić information content (AvgIpc) is 2.00. The van der Waals surface area contributed by atoms with Crippen molar-refractivity contribution < 1.29 is 0 Å². The first kappa shape index (κ1) is 11.1. The summed E-state index contributed by atoms with van der Waals surface area (Å²) in [6.45, 7) is 6.68. The van der Waals surface area contributed by atoms with Crippen molar-refractivity contribution in [1.29, 1.82) is 0 Å². The first-order valence-electron chi connectivity index (χ1n) is 4.21. The van der Waals surface area contributed by atoms with Gasteiger partial charge in [-0.3, -0.25) is 4.98 Å². The Morgan fingerprint density at radius 1 is 1.38 bits per heavy atom. The van der Waals surface area contributed by atoms with Crippen molar-refractivity contribution in [3.05, 3.63) is 28.5 Å². The molecular weight excluding hydrogens is 246 g/mol. The monoisotopic (exact) mass is 259 g/mol. The van der Waals surface area contributed by atoms with E-state index in [0.717, 1.165) is 10.2 Å². The number of hydrogen-bond donors (Lipinski definition) is 0. The van der Waals surface area contributed by atoms with Crippen LogP contribution in [0.5, 0.6) is 0 Å². The summed E-state index contributed by atoms with van der Waals surface area (Å²) in [5.41, 5.74) is 1.27. The molecule has 0 atom stereocenters. The summed E-state index contributed by atoms with van der Waals surface area (Å²) in [6.07, 6.45) is 3.73. The molecule has 0 aliphatic rings. The lowest BCUT2D eigenvalue weighted by Gasteiger charge is -2.17. The molecule has 0 fully saturated rings. The maximum Gasteiger partial charge on any atom is 0.0410 e. The highest BCUT2D eigenvalue weighted by Crippen LogP contribution is 2.27. The van der Waals surface area contributed by atoms with Crippen LogP contribution >= 0.6 is 27.7 Å². The Morgan fingerprint density at radius 2 is 2.08 bits per heavy atom. The maximum atomic E-state index is 4.12. The zero-order valence-electron chi connectivity index (χ0n) is 8.17. The van der Waals surface area contributed by atoms with E-state index in [0.29, 0.717) is 4.75 Å². The third-order valence-electron chi connectivity index (χ3n) is 1.43.